The van der Waals surface area contributed by atoms with Crippen LogP contribution in [0.3, 0.4) is 0 Å². The maximum atomic E-state index is 4.17. The molecule has 1 rings (SSSR count). The predicted molar refractivity (Wildman–Crippen MR) is 72.5 cm³/mol. The van der Waals surface area contributed by atoms with E-state index >= 15 is 0 Å². The summed E-state index contributed by atoms with van der Waals surface area (Å²) in [6.45, 7) is 6.34. The van der Waals surface area contributed by atoms with Crippen molar-refractivity contribution in [3.05, 3.63) is 12.4 Å². The van der Waals surface area contributed by atoms with E-state index in [1.54, 1.807) is 6.33 Å². The minimum atomic E-state index is 0.620. The van der Waals surface area contributed by atoms with Gasteiger partial charge in [0.2, 0.25) is 0 Å². The second-order valence-electron chi connectivity index (χ2n) is 4.20. The van der Waals surface area contributed by atoms with Crippen LogP contribution in [0, 0.1) is 0 Å². The second-order valence-corrected chi connectivity index (χ2v) is 4.20. The molecular weight excluding hydrogens is 214 g/mol. The van der Waals surface area contributed by atoms with E-state index in [0.717, 1.165) is 24.7 Å². The summed E-state index contributed by atoms with van der Waals surface area (Å²) in [5.41, 5.74) is 0. The molecule has 0 bridgehead atoms. The van der Waals surface area contributed by atoms with Gasteiger partial charge in [0.05, 0.1) is 0 Å². The average Bonchev–Trinajstić information content (AvgIpc) is 2.37. The van der Waals surface area contributed by atoms with Crippen LogP contribution in [-0.2, 0) is 0 Å². The molecule has 0 amide bonds. The third-order valence-corrected chi connectivity index (χ3v) is 3.04. The van der Waals surface area contributed by atoms with Crippen molar-refractivity contribution in [2.45, 2.75) is 26.3 Å². The largest absolute Gasteiger partial charge is 0.373 e. The van der Waals surface area contributed by atoms with Crippen LogP contribution in [0.2, 0.25) is 0 Å². The van der Waals surface area contributed by atoms with Gasteiger partial charge in [-0.1, -0.05) is 6.92 Å². The van der Waals surface area contributed by atoms with Crippen LogP contribution in [0.1, 0.15) is 20.3 Å². The zero-order valence-corrected chi connectivity index (χ0v) is 11.2. The number of nitrogens with zero attached hydrogens (tertiary/aromatic N) is 3. The molecular formula is C12H23N5. The minimum Gasteiger partial charge on any atom is -0.373 e. The van der Waals surface area contributed by atoms with E-state index in [1.807, 2.05) is 13.1 Å². The lowest BCUT2D eigenvalue weighted by Crippen LogP contribution is -2.32. The Bertz CT molecular complexity index is 328. The highest BCUT2D eigenvalue weighted by Crippen LogP contribution is 2.07. The summed E-state index contributed by atoms with van der Waals surface area (Å²) >= 11 is 0. The molecule has 2 N–H and O–H groups in total. The first kappa shape index (κ1) is 13.7. The summed E-state index contributed by atoms with van der Waals surface area (Å²) in [6, 6.07) is 2.53. The summed E-state index contributed by atoms with van der Waals surface area (Å²) in [6.07, 6.45) is 2.74. The lowest BCUT2D eigenvalue weighted by molar-refractivity contribution is 0.261. The molecule has 0 aliphatic carbocycles. The van der Waals surface area contributed by atoms with Crippen molar-refractivity contribution in [2.75, 3.05) is 37.8 Å². The Morgan fingerprint density at radius 1 is 1.35 bits per heavy atom. The third-order valence-electron chi connectivity index (χ3n) is 3.04. The number of hydrogen-bond donors (Lipinski definition) is 2. The quantitative estimate of drug-likeness (QED) is 0.755. The van der Waals surface area contributed by atoms with Crippen molar-refractivity contribution >= 4 is 11.6 Å². The molecule has 1 heterocycles. The predicted octanol–water partition coefficient (Wildman–Crippen LogP) is 1.66. The molecule has 0 aliphatic heterocycles. The monoisotopic (exact) mass is 237 g/mol. The van der Waals surface area contributed by atoms with Crippen LogP contribution < -0.4 is 10.6 Å². The molecule has 0 aliphatic rings. The van der Waals surface area contributed by atoms with E-state index < -0.39 is 0 Å². The van der Waals surface area contributed by atoms with Crippen molar-refractivity contribution in [1.82, 2.24) is 14.9 Å². The number of aromatic nitrogens is 2. The van der Waals surface area contributed by atoms with E-state index in [4.69, 9.17) is 0 Å². The van der Waals surface area contributed by atoms with Crippen molar-refractivity contribution in [1.29, 1.82) is 0 Å². The van der Waals surface area contributed by atoms with Gasteiger partial charge in [-0.25, -0.2) is 9.97 Å². The number of rotatable bonds is 7. The van der Waals surface area contributed by atoms with Gasteiger partial charge in [0.15, 0.2) is 0 Å². The Labute approximate surface area is 104 Å². The van der Waals surface area contributed by atoms with E-state index in [0.29, 0.717) is 6.04 Å². The molecule has 1 atom stereocenters. The average molecular weight is 237 g/mol. The van der Waals surface area contributed by atoms with Crippen LogP contribution in [0.4, 0.5) is 11.6 Å². The molecule has 96 valence electrons. The zero-order valence-electron chi connectivity index (χ0n) is 11.2. The smallest absolute Gasteiger partial charge is 0.131 e. The maximum Gasteiger partial charge on any atom is 0.131 e. The molecule has 0 fully saturated rings. The van der Waals surface area contributed by atoms with Gasteiger partial charge in [-0.2, -0.15) is 0 Å². The second kappa shape index (κ2) is 7.06. The molecule has 1 aromatic heterocycles. The lowest BCUT2D eigenvalue weighted by Gasteiger charge is -2.23. The van der Waals surface area contributed by atoms with Gasteiger partial charge in [-0.3, -0.25) is 0 Å². The van der Waals surface area contributed by atoms with Crippen LogP contribution in [0.5, 0.6) is 0 Å². The van der Waals surface area contributed by atoms with Crippen molar-refractivity contribution in [2.24, 2.45) is 0 Å². The van der Waals surface area contributed by atoms with E-state index in [1.165, 1.54) is 6.42 Å². The van der Waals surface area contributed by atoms with Gasteiger partial charge in [-0.15, -0.1) is 0 Å². The van der Waals surface area contributed by atoms with Crippen LogP contribution in [-0.4, -0.2) is 48.1 Å². The van der Waals surface area contributed by atoms with Gasteiger partial charge >= 0.3 is 0 Å². The van der Waals surface area contributed by atoms with Crippen molar-refractivity contribution in [3.8, 4) is 0 Å². The summed E-state index contributed by atoms with van der Waals surface area (Å²) in [4.78, 5) is 10.6. The Morgan fingerprint density at radius 3 is 2.71 bits per heavy atom. The van der Waals surface area contributed by atoms with Crippen molar-refractivity contribution < 1.29 is 0 Å². The summed E-state index contributed by atoms with van der Waals surface area (Å²) in [7, 11) is 4.00. The number of nitrogens with one attached hydrogen (secondary N) is 2. The van der Waals surface area contributed by atoms with E-state index in [9.17, 15) is 0 Å². The fourth-order valence-corrected chi connectivity index (χ4v) is 1.48. The molecule has 1 unspecified atom stereocenters. The highest BCUT2D eigenvalue weighted by Gasteiger charge is 2.05. The summed E-state index contributed by atoms with van der Waals surface area (Å²) < 4.78 is 0. The normalized spacial score (nSPS) is 12.5. The lowest BCUT2D eigenvalue weighted by atomic mass is 10.2. The first-order valence-electron chi connectivity index (χ1n) is 6.11. The molecule has 5 heteroatoms. The van der Waals surface area contributed by atoms with E-state index in [2.05, 4.69) is 46.4 Å². The first-order valence-corrected chi connectivity index (χ1v) is 6.11. The van der Waals surface area contributed by atoms with Crippen molar-refractivity contribution in [3.63, 3.8) is 0 Å². The molecule has 1 aromatic rings. The zero-order chi connectivity index (χ0) is 12.7. The standard InChI is InChI=1S/C12H23N5/c1-5-10(2)17(4)7-6-14-12-8-11(13-3)15-9-16-12/h8-10H,5-7H2,1-4H3,(H2,13,14,15,16). The van der Waals surface area contributed by atoms with Crippen LogP contribution >= 0.6 is 0 Å². The van der Waals surface area contributed by atoms with Gasteiger partial charge < -0.3 is 15.5 Å². The van der Waals surface area contributed by atoms with Crippen LogP contribution in [0.25, 0.3) is 0 Å². The topological polar surface area (TPSA) is 53.1 Å². The summed E-state index contributed by atoms with van der Waals surface area (Å²) in [5, 5.41) is 6.29. The number of hydrogen-bond acceptors (Lipinski definition) is 5. The molecule has 5 nitrogen and oxygen atoms in total. The highest BCUT2D eigenvalue weighted by atomic mass is 15.1. The van der Waals surface area contributed by atoms with Crippen LogP contribution in [0.15, 0.2) is 12.4 Å². The van der Waals surface area contributed by atoms with Gasteiger partial charge in [0.1, 0.15) is 18.0 Å². The molecule has 0 spiro atoms. The van der Waals surface area contributed by atoms with Gasteiger partial charge in [0, 0.05) is 32.2 Å². The minimum absolute atomic E-state index is 0.620. The SMILES string of the molecule is CCC(C)N(C)CCNc1cc(NC)ncn1. The molecule has 0 saturated heterocycles. The molecule has 0 aromatic carbocycles. The Kier molecular flexibility index (Phi) is 5.69. The number of anilines is 2. The fraction of sp³-hybridized carbons (Fsp3) is 0.667. The van der Waals surface area contributed by atoms with Gasteiger partial charge in [-0.05, 0) is 20.4 Å². The Balaban J connectivity index is 2.35. The Morgan fingerprint density at radius 2 is 2.06 bits per heavy atom. The molecule has 0 radical (unpaired) electrons. The van der Waals surface area contributed by atoms with Gasteiger partial charge in [0.25, 0.3) is 0 Å². The first-order chi connectivity index (χ1) is 8.17. The third kappa shape index (κ3) is 4.56. The highest BCUT2D eigenvalue weighted by molar-refractivity contribution is 5.45. The Hall–Kier alpha value is -1.36. The summed E-state index contributed by atoms with van der Waals surface area (Å²) in [5.74, 6) is 1.69. The number of likely N-dealkylation sites (N-methyl/N-ethyl adjacent to an activating group) is 1. The van der Waals surface area contributed by atoms with E-state index in [-0.39, 0.29) is 0 Å². The maximum absolute atomic E-state index is 4.17. The molecule has 17 heavy (non-hydrogen) atoms. The molecule has 0 saturated carbocycles. The fourth-order valence-electron chi connectivity index (χ4n) is 1.48.